The summed E-state index contributed by atoms with van der Waals surface area (Å²) in [6, 6.07) is 21.3. The molecule has 0 aliphatic heterocycles. The van der Waals surface area contributed by atoms with Gasteiger partial charge in [0.25, 0.3) is 10.0 Å². The summed E-state index contributed by atoms with van der Waals surface area (Å²) in [6.07, 6.45) is 0.456. The Morgan fingerprint density at radius 1 is 1.03 bits per heavy atom. The first-order valence-corrected chi connectivity index (χ1v) is 12.0. The topological polar surface area (TPSA) is 81.1 Å². The zero-order chi connectivity index (χ0) is 22.7. The molecule has 4 rings (SSSR count). The lowest BCUT2D eigenvalue weighted by Crippen LogP contribution is -2.30. The van der Waals surface area contributed by atoms with E-state index in [-0.39, 0.29) is 11.3 Å². The molecule has 0 saturated carbocycles. The van der Waals surface area contributed by atoms with E-state index >= 15 is 0 Å². The Labute approximate surface area is 191 Å². The number of benzene rings is 3. The SMILES string of the molecule is Cc1nc2ccc(CCC(=O)NS(=O)(=O)c3ccccc3)cc2n1Cc1ccccc1Cl. The van der Waals surface area contributed by atoms with Gasteiger partial charge < -0.3 is 4.57 Å². The molecule has 0 fully saturated rings. The molecule has 32 heavy (non-hydrogen) atoms. The molecule has 6 nitrogen and oxygen atoms in total. The number of imidazole rings is 1. The van der Waals surface area contributed by atoms with Gasteiger partial charge in [0.15, 0.2) is 0 Å². The fourth-order valence-electron chi connectivity index (χ4n) is 3.56. The van der Waals surface area contributed by atoms with Crippen molar-refractivity contribution in [3.8, 4) is 0 Å². The van der Waals surface area contributed by atoms with Crippen molar-refractivity contribution in [2.24, 2.45) is 0 Å². The minimum atomic E-state index is -3.87. The van der Waals surface area contributed by atoms with Crippen molar-refractivity contribution in [1.82, 2.24) is 14.3 Å². The summed E-state index contributed by atoms with van der Waals surface area (Å²) in [5.74, 6) is 0.318. The highest BCUT2D eigenvalue weighted by atomic mass is 35.5. The van der Waals surface area contributed by atoms with Crippen molar-refractivity contribution in [2.45, 2.75) is 31.2 Å². The molecular formula is C24H22ClN3O3S. The summed E-state index contributed by atoms with van der Waals surface area (Å²) in [7, 11) is -3.87. The van der Waals surface area contributed by atoms with Crippen molar-refractivity contribution in [3.05, 3.63) is 94.8 Å². The summed E-state index contributed by atoms with van der Waals surface area (Å²) in [5.41, 5.74) is 3.71. The Hall–Kier alpha value is -3.16. The van der Waals surface area contributed by atoms with Crippen LogP contribution in [-0.2, 0) is 27.8 Å². The molecule has 0 bridgehead atoms. The van der Waals surface area contributed by atoms with Crippen LogP contribution in [0.15, 0.2) is 77.7 Å². The molecule has 1 aromatic heterocycles. The smallest absolute Gasteiger partial charge is 0.264 e. The second kappa shape index (κ2) is 9.14. The number of aromatic nitrogens is 2. The normalized spacial score (nSPS) is 11.6. The highest BCUT2D eigenvalue weighted by Crippen LogP contribution is 2.23. The Morgan fingerprint density at radius 3 is 2.50 bits per heavy atom. The van der Waals surface area contributed by atoms with E-state index in [0.29, 0.717) is 18.0 Å². The van der Waals surface area contributed by atoms with Crippen LogP contribution in [-0.4, -0.2) is 23.9 Å². The van der Waals surface area contributed by atoms with Crippen LogP contribution >= 0.6 is 11.6 Å². The Morgan fingerprint density at radius 2 is 1.75 bits per heavy atom. The van der Waals surface area contributed by atoms with E-state index in [1.165, 1.54) is 12.1 Å². The minimum Gasteiger partial charge on any atom is -0.324 e. The third-order valence-electron chi connectivity index (χ3n) is 5.23. The molecule has 1 N–H and O–H groups in total. The monoisotopic (exact) mass is 467 g/mol. The molecule has 0 aliphatic rings. The number of aryl methyl sites for hydroxylation is 2. The maximum atomic E-state index is 12.3. The zero-order valence-electron chi connectivity index (χ0n) is 17.5. The van der Waals surface area contributed by atoms with E-state index in [4.69, 9.17) is 11.6 Å². The van der Waals surface area contributed by atoms with Crippen LogP contribution in [0.4, 0.5) is 0 Å². The predicted molar refractivity (Wildman–Crippen MR) is 125 cm³/mol. The molecule has 0 spiro atoms. The molecular weight excluding hydrogens is 446 g/mol. The highest BCUT2D eigenvalue weighted by molar-refractivity contribution is 7.90. The lowest BCUT2D eigenvalue weighted by Gasteiger charge is -2.10. The number of hydrogen-bond acceptors (Lipinski definition) is 4. The molecule has 8 heteroatoms. The fourth-order valence-corrected chi connectivity index (χ4v) is 4.79. The van der Waals surface area contributed by atoms with Crippen molar-refractivity contribution in [2.75, 3.05) is 0 Å². The maximum absolute atomic E-state index is 12.3. The number of amides is 1. The molecule has 0 radical (unpaired) electrons. The van der Waals surface area contributed by atoms with Crippen molar-refractivity contribution in [1.29, 1.82) is 0 Å². The molecule has 4 aromatic rings. The number of carbonyl (C=O) groups excluding carboxylic acids is 1. The minimum absolute atomic E-state index is 0.0508. The van der Waals surface area contributed by atoms with Gasteiger partial charge in [0.05, 0.1) is 22.5 Å². The summed E-state index contributed by atoms with van der Waals surface area (Å²) in [5, 5.41) is 0.696. The van der Waals surface area contributed by atoms with Crippen molar-refractivity contribution in [3.63, 3.8) is 0 Å². The van der Waals surface area contributed by atoms with Crippen LogP contribution in [0.2, 0.25) is 5.02 Å². The molecule has 0 aliphatic carbocycles. The van der Waals surface area contributed by atoms with E-state index in [2.05, 4.69) is 14.3 Å². The van der Waals surface area contributed by atoms with E-state index < -0.39 is 15.9 Å². The molecule has 0 unspecified atom stereocenters. The van der Waals surface area contributed by atoms with Gasteiger partial charge in [0.2, 0.25) is 5.91 Å². The summed E-state index contributed by atoms with van der Waals surface area (Å²) < 4.78 is 28.9. The maximum Gasteiger partial charge on any atom is 0.264 e. The summed E-state index contributed by atoms with van der Waals surface area (Å²) in [6.45, 7) is 2.53. The summed E-state index contributed by atoms with van der Waals surface area (Å²) in [4.78, 5) is 17.0. The molecule has 1 heterocycles. The average Bonchev–Trinajstić information content (AvgIpc) is 3.08. The largest absolute Gasteiger partial charge is 0.324 e. The number of sulfonamides is 1. The van der Waals surface area contributed by atoms with Crippen LogP contribution in [0, 0.1) is 6.92 Å². The predicted octanol–water partition coefficient (Wildman–Crippen LogP) is 4.48. The number of nitrogens with one attached hydrogen (secondary N) is 1. The van der Waals surface area contributed by atoms with Gasteiger partial charge in [-0.25, -0.2) is 18.1 Å². The molecule has 0 saturated heterocycles. The van der Waals surface area contributed by atoms with Crippen LogP contribution in [0.1, 0.15) is 23.4 Å². The first-order valence-electron chi connectivity index (χ1n) is 10.1. The van der Waals surface area contributed by atoms with Crippen LogP contribution in [0.5, 0.6) is 0 Å². The van der Waals surface area contributed by atoms with Crippen LogP contribution in [0.3, 0.4) is 0 Å². The lowest BCUT2D eigenvalue weighted by molar-refractivity contribution is -0.119. The van der Waals surface area contributed by atoms with E-state index in [1.54, 1.807) is 18.2 Å². The van der Waals surface area contributed by atoms with Gasteiger partial charge in [-0.2, -0.15) is 0 Å². The van der Waals surface area contributed by atoms with Gasteiger partial charge >= 0.3 is 0 Å². The van der Waals surface area contributed by atoms with Gasteiger partial charge in [0.1, 0.15) is 5.82 Å². The Balaban J connectivity index is 1.49. The zero-order valence-corrected chi connectivity index (χ0v) is 19.0. The van der Waals surface area contributed by atoms with E-state index in [9.17, 15) is 13.2 Å². The first kappa shape index (κ1) is 22.0. The molecule has 0 atom stereocenters. The molecule has 3 aromatic carbocycles. The Kier molecular flexibility index (Phi) is 6.30. The second-order valence-corrected chi connectivity index (χ2v) is 9.59. The molecule has 164 valence electrons. The first-order chi connectivity index (χ1) is 15.3. The molecule has 1 amide bonds. The van der Waals surface area contributed by atoms with Crippen LogP contribution < -0.4 is 4.72 Å². The van der Waals surface area contributed by atoms with E-state index in [0.717, 1.165) is 28.0 Å². The number of rotatable bonds is 7. The van der Waals surface area contributed by atoms with Gasteiger partial charge in [-0.05, 0) is 54.8 Å². The van der Waals surface area contributed by atoms with E-state index in [1.807, 2.05) is 49.4 Å². The second-order valence-electron chi connectivity index (χ2n) is 7.50. The van der Waals surface area contributed by atoms with Gasteiger partial charge in [-0.15, -0.1) is 0 Å². The number of carbonyl (C=O) groups is 1. The lowest BCUT2D eigenvalue weighted by atomic mass is 10.1. The average molecular weight is 468 g/mol. The van der Waals surface area contributed by atoms with Crippen LogP contribution in [0.25, 0.3) is 11.0 Å². The van der Waals surface area contributed by atoms with Gasteiger partial charge in [-0.3, -0.25) is 4.79 Å². The fraction of sp³-hybridized carbons (Fsp3) is 0.167. The van der Waals surface area contributed by atoms with Gasteiger partial charge in [-0.1, -0.05) is 54.1 Å². The third-order valence-corrected chi connectivity index (χ3v) is 6.99. The quantitative estimate of drug-likeness (QED) is 0.434. The van der Waals surface area contributed by atoms with Crippen molar-refractivity contribution >= 4 is 38.6 Å². The number of hydrogen-bond donors (Lipinski definition) is 1. The van der Waals surface area contributed by atoms with Crippen molar-refractivity contribution < 1.29 is 13.2 Å². The number of halogens is 1. The standard InChI is InChI=1S/C24H22ClN3O3S/c1-17-26-22-13-11-18(15-23(22)28(17)16-19-7-5-6-10-21(19)25)12-14-24(29)27-32(30,31)20-8-3-2-4-9-20/h2-11,13,15H,12,14,16H2,1H3,(H,27,29). The number of fused-ring (bicyclic) bond motifs is 1. The van der Waals surface area contributed by atoms with Gasteiger partial charge in [0, 0.05) is 11.4 Å². The third kappa shape index (κ3) is 4.84. The number of nitrogens with zero attached hydrogens (tertiary/aromatic N) is 2. The highest BCUT2D eigenvalue weighted by Gasteiger charge is 2.17. The Bertz CT molecular complexity index is 1380. The summed E-state index contributed by atoms with van der Waals surface area (Å²) >= 11 is 6.33.